The molecule has 0 bridgehead atoms. The van der Waals surface area contributed by atoms with Gasteiger partial charge in [0.25, 0.3) is 5.56 Å². The van der Waals surface area contributed by atoms with Crippen LogP contribution in [0.4, 0.5) is 16.0 Å². The molecule has 34 heavy (non-hydrogen) atoms. The lowest BCUT2D eigenvalue weighted by molar-refractivity contribution is 0.458. The minimum Gasteiger partial charge on any atom is -0.312 e. The van der Waals surface area contributed by atoms with Gasteiger partial charge in [0.2, 0.25) is 5.95 Å². The van der Waals surface area contributed by atoms with Crippen LogP contribution in [-0.4, -0.2) is 25.2 Å². The topological polar surface area (TPSA) is 65.1 Å². The lowest BCUT2D eigenvalue weighted by Gasteiger charge is -2.33. The second-order valence-corrected chi connectivity index (χ2v) is 9.60. The molecule has 0 saturated carbocycles. The fraction of sp³-hybridized carbons (Fsp3) is 0.320. The summed E-state index contributed by atoms with van der Waals surface area (Å²) in [5.74, 6) is 0.287. The molecule has 2 aromatic heterocycles. The van der Waals surface area contributed by atoms with Crippen molar-refractivity contribution in [3.05, 3.63) is 84.8 Å². The third-order valence-electron chi connectivity index (χ3n) is 6.34. The molecular weight excluding hydrogens is 457 g/mol. The van der Waals surface area contributed by atoms with E-state index in [0.29, 0.717) is 23.7 Å². The third kappa shape index (κ3) is 3.53. The van der Waals surface area contributed by atoms with Crippen LogP contribution in [0.3, 0.4) is 0 Å². The quantitative estimate of drug-likeness (QED) is 0.441. The van der Waals surface area contributed by atoms with Gasteiger partial charge in [-0.1, -0.05) is 30.7 Å². The van der Waals surface area contributed by atoms with Crippen molar-refractivity contribution in [2.24, 2.45) is 13.0 Å². The molecule has 0 aliphatic carbocycles. The summed E-state index contributed by atoms with van der Waals surface area (Å²) in [6, 6.07) is 10.6. The molecule has 9 heteroatoms. The van der Waals surface area contributed by atoms with Crippen LogP contribution >= 0.6 is 11.6 Å². The Bertz CT molecular complexity index is 1530. The molecule has 0 radical (unpaired) electrons. The van der Waals surface area contributed by atoms with Crippen molar-refractivity contribution in [3.8, 4) is 0 Å². The van der Waals surface area contributed by atoms with Gasteiger partial charge in [-0.25, -0.2) is 9.18 Å². The Balaban J connectivity index is 1.75. The predicted octanol–water partition coefficient (Wildman–Crippen LogP) is 4.14. The SMILES string of the molecule is Cc1cc(C)cc(N2C[C@@H](C)Cn3c2nc2c3c(=O)n(Cc3c(F)cccc3Cl)c(=O)n2C)c1. The summed E-state index contributed by atoms with van der Waals surface area (Å²) < 4.78 is 18.7. The monoisotopic (exact) mass is 481 g/mol. The van der Waals surface area contributed by atoms with Gasteiger partial charge in [-0.3, -0.25) is 13.9 Å². The first-order chi connectivity index (χ1) is 16.2. The largest absolute Gasteiger partial charge is 0.332 e. The van der Waals surface area contributed by atoms with E-state index in [1.807, 2.05) is 18.4 Å². The molecule has 1 aliphatic rings. The van der Waals surface area contributed by atoms with E-state index < -0.39 is 17.1 Å². The smallest absolute Gasteiger partial charge is 0.312 e. The van der Waals surface area contributed by atoms with E-state index in [9.17, 15) is 14.0 Å². The van der Waals surface area contributed by atoms with Crippen molar-refractivity contribution in [3.63, 3.8) is 0 Å². The predicted molar refractivity (Wildman–Crippen MR) is 132 cm³/mol. The number of hydrogen-bond donors (Lipinski definition) is 0. The van der Waals surface area contributed by atoms with Gasteiger partial charge in [0.1, 0.15) is 5.82 Å². The van der Waals surface area contributed by atoms with Crippen LogP contribution in [0, 0.1) is 25.6 Å². The zero-order valence-electron chi connectivity index (χ0n) is 19.5. The number of rotatable bonds is 3. The minimum atomic E-state index is -0.571. The summed E-state index contributed by atoms with van der Waals surface area (Å²) in [6.45, 7) is 7.26. The molecule has 0 unspecified atom stereocenters. The Morgan fingerprint density at radius 1 is 1.12 bits per heavy atom. The fourth-order valence-corrected chi connectivity index (χ4v) is 5.03. The van der Waals surface area contributed by atoms with E-state index in [0.717, 1.165) is 27.9 Å². The Kier molecular flexibility index (Phi) is 5.36. The summed E-state index contributed by atoms with van der Waals surface area (Å²) in [5.41, 5.74) is 2.91. The number of anilines is 2. The third-order valence-corrected chi connectivity index (χ3v) is 6.69. The first-order valence-corrected chi connectivity index (χ1v) is 11.5. The number of aromatic nitrogens is 4. The average Bonchev–Trinajstić information content (AvgIpc) is 3.15. The van der Waals surface area contributed by atoms with Crippen molar-refractivity contribution in [1.82, 2.24) is 18.7 Å². The van der Waals surface area contributed by atoms with Gasteiger partial charge in [-0.2, -0.15) is 4.98 Å². The number of aryl methyl sites for hydroxylation is 3. The van der Waals surface area contributed by atoms with Crippen molar-refractivity contribution < 1.29 is 4.39 Å². The zero-order chi connectivity index (χ0) is 24.3. The highest BCUT2D eigenvalue weighted by Crippen LogP contribution is 2.33. The molecule has 5 rings (SSSR count). The van der Waals surface area contributed by atoms with Gasteiger partial charge in [-0.05, 0) is 55.2 Å². The Morgan fingerprint density at radius 2 is 1.82 bits per heavy atom. The molecule has 0 spiro atoms. The molecule has 176 valence electrons. The molecule has 0 saturated heterocycles. The molecule has 4 aromatic rings. The van der Waals surface area contributed by atoms with Crippen molar-refractivity contribution >= 4 is 34.4 Å². The number of fused-ring (bicyclic) bond motifs is 3. The number of halogens is 2. The fourth-order valence-electron chi connectivity index (χ4n) is 4.81. The van der Waals surface area contributed by atoms with E-state index in [1.54, 1.807) is 7.05 Å². The standard InChI is InChI=1S/C25H25ClFN5O2/c1-14-8-15(2)10-17(9-14)30-11-16(3)12-31-21-22(28-24(30)31)29(4)25(34)32(23(21)33)13-18-19(26)6-5-7-20(18)27/h5-10,16H,11-13H2,1-4H3/t16-/m1/s1. The van der Waals surface area contributed by atoms with Gasteiger partial charge in [-0.15, -0.1) is 0 Å². The normalized spacial score (nSPS) is 15.7. The Hall–Kier alpha value is -3.39. The molecule has 0 amide bonds. The second-order valence-electron chi connectivity index (χ2n) is 9.19. The Morgan fingerprint density at radius 3 is 2.50 bits per heavy atom. The molecule has 2 aromatic carbocycles. The van der Waals surface area contributed by atoms with Crippen LogP contribution < -0.4 is 16.1 Å². The zero-order valence-corrected chi connectivity index (χ0v) is 20.2. The summed E-state index contributed by atoms with van der Waals surface area (Å²) in [7, 11) is 1.58. The highest BCUT2D eigenvalue weighted by molar-refractivity contribution is 6.31. The van der Waals surface area contributed by atoms with E-state index in [4.69, 9.17) is 16.6 Å². The van der Waals surface area contributed by atoms with Gasteiger partial charge in [0.05, 0.1) is 6.54 Å². The van der Waals surface area contributed by atoms with Crippen LogP contribution in [0.2, 0.25) is 5.02 Å². The lowest BCUT2D eigenvalue weighted by atomic mass is 10.1. The molecule has 1 aliphatic heterocycles. The Labute approximate surface area is 200 Å². The second kappa shape index (κ2) is 8.13. The summed E-state index contributed by atoms with van der Waals surface area (Å²) in [6.07, 6.45) is 0. The maximum atomic E-state index is 14.4. The van der Waals surface area contributed by atoms with E-state index >= 15 is 0 Å². The summed E-state index contributed by atoms with van der Waals surface area (Å²) in [4.78, 5) is 33.6. The van der Waals surface area contributed by atoms with Crippen molar-refractivity contribution in [2.75, 3.05) is 11.4 Å². The van der Waals surface area contributed by atoms with Crippen LogP contribution in [0.25, 0.3) is 11.2 Å². The lowest BCUT2D eigenvalue weighted by Crippen LogP contribution is -2.41. The highest BCUT2D eigenvalue weighted by atomic mass is 35.5. The molecule has 1 atom stereocenters. The molecular formula is C25H25ClFN5O2. The van der Waals surface area contributed by atoms with E-state index in [2.05, 4.69) is 30.0 Å². The van der Waals surface area contributed by atoms with Crippen LogP contribution in [0.1, 0.15) is 23.6 Å². The van der Waals surface area contributed by atoms with Gasteiger partial charge in [0.15, 0.2) is 11.2 Å². The van der Waals surface area contributed by atoms with Gasteiger partial charge in [0, 0.05) is 36.4 Å². The number of imidazole rings is 1. The van der Waals surface area contributed by atoms with Gasteiger partial charge < -0.3 is 9.47 Å². The summed E-state index contributed by atoms with van der Waals surface area (Å²) >= 11 is 6.18. The molecule has 0 fully saturated rings. The molecule has 7 nitrogen and oxygen atoms in total. The van der Waals surface area contributed by atoms with Gasteiger partial charge >= 0.3 is 5.69 Å². The summed E-state index contributed by atoms with van der Waals surface area (Å²) in [5, 5.41) is 0.166. The van der Waals surface area contributed by atoms with E-state index in [-0.39, 0.29) is 23.0 Å². The van der Waals surface area contributed by atoms with Crippen LogP contribution in [-0.2, 0) is 20.1 Å². The van der Waals surface area contributed by atoms with Crippen LogP contribution in [0.15, 0.2) is 46.0 Å². The molecule has 3 heterocycles. The number of hydrogen-bond acceptors (Lipinski definition) is 4. The minimum absolute atomic E-state index is 0.103. The first kappa shape index (κ1) is 22.4. The first-order valence-electron chi connectivity index (χ1n) is 11.1. The average molecular weight is 482 g/mol. The molecule has 0 N–H and O–H groups in total. The highest BCUT2D eigenvalue weighted by Gasteiger charge is 2.30. The maximum absolute atomic E-state index is 14.4. The number of nitrogens with zero attached hydrogens (tertiary/aromatic N) is 5. The van der Waals surface area contributed by atoms with Crippen molar-refractivity contribution in [1.29, 1.82) is 0 Å². The maximum Gasteiger partial charge on any atom is 0.332 e. The van der Waals surface area contributed by atoms with Crippen molar-refractivity contribution in [2.45, 2.75) is 33.9 Å². The van der Waals surface area contributed by atoms with E-state index in [1.165, 1.54) is 22.8 Å². The number of benzene rings is 2. The van der Waals surface area contributed by atoms with Crippen LogP contribution in [0.5, 0.6) is 0 Å².